The van der Waals surface area contributed by atoms with Gasteiger partial charge in [0.15, 0.2) is 11.5 Å². The van der Waals surface area contributed by atoms with Crippen molar-refractivity contribution in [2.45, 2.75) is 65.1 Å². The molecule has 4 aliphatic rings. The van der Waals surface area contributed by atoms with E-state index in [2.05, 4.69) is 81.0 Å². The number of anilines is 5. The number of hydrogen-bond acceptors (Lipinski definition) is 11. The molecule has 282 valence electrons. The molecule has 1 unspecified atom stereocenters. The molecule has 3 amide bonds. The van der Waals surface area contributed by atoms with Crippen molar-refractivity contribution in [3.8, 4) is 0 Å². The number of pyridine rings is 1. The van der Waals surface area contributed by atoms with Crippen LogP contribution < -0.4 is 20.9 Å². The van der Waals surface area contributed by atoms with Crippen molar-refractivity contribution in [3.05, 3.63) is 88.2 Å². The summed E-state index contributed by atoms with van der Waals surface area (Å²) in [6.07, 6.45) is 5.58. The SMILES string of the molecule is Cc1cccc(C)c1Nc1nn(C)c2nc(Nc3ccc4c(c3)CN(CC3CCN(c5ccc6c(n5)CN(C5CCC(=O)NC5=O)C6=O)CC3)CC4)ncc12. The van der Waals surface area contributed by atoms with Gasteiger partial charge in [-0.15, -0.1) is 0 Å². The fraction of sp³-hybridized carbons (Fsp3) is 0.390. The Morgan fingerprint density at radius 2 is 1.69 bits per heavy atom. The molecular formula is C41H45N11O3. The number of carbonyl (C=O) groups excluding carboxylic acids is 3. The summed E-state index contributed by atoms with van der Waals surface area (Å²) < 4.78 is 1.79. The van der Waals surface area contributed by atoms with Gasteiger partial charge in [0.2, 0.25) is 17.8 Å². The molecule has 2 saturated heterocycles. The normalized spacial score (nSPS) is 19.1. The number of aromatic nitrogens is 5. The highest BCUT2D eigenvalue weighted by Crippen LogP contribution is 2.32. The standard InChI is InChI=1S/C41H45N11O3/c1-24-5-4-6-25(2)36(24)46-37-31-20-42-41(47-38(31)49(3)48-37)43-29-8-7-27-15-16-50(22-28(27)19-29)21-26-13-17-51(18-14-26)34-11-9-30-32(44-34)23-52(40(30)55)33-10-12-35(53)45-39(33)54/h4-9,11,19-20,26,33H,10,12-18,21-23H2,1-3H3,(H,46,48)(H,42,43,47)(H,45,53,54). The van der Waals surface area contributed by atoms with Crippen molar-refractivity contribution in [3.63, 3.8) is 0 Å². The molecule has 2 aromatic carbocycles. The lowest BCUT2D eigenvalue weighted by Gasteiger charge is -2.37. The molecule has 7 heterocycles. The van der Waals surface area contributed by atoms with Crippen LogP contribution in [0.25, 0.3) is 11.0 Å². The van der Waals surface area contributed by atoms with E-state index in [-0.39, 0.29) is 18.2 Å². The smallest absolute Gasteiger partial charge is 0.256 e. The minimum Gasteiger partial charge on any atom is -0.357 e. The molecule has 5 aromatic rings. The largest absolute Gasteiger partial charge is 0.357 e. The van der Waals surface area contributed by atoms with Crippen LogP contribution in [0, 0.1) is 19.8 Å². The monoisotopic (exact) mass is 739 g/mol. The second-order valence-corrected chi connectivity index (χ2v) is 15.4. The second kappa shape index (κ2) is 14.1. The average Bonchev–Trinajstić information content (AvgIpc) is 3.67. The minimum atomic E-state index is -0.634. The molecule has 3 aromatic heterocycles. The van der Waals surface area contributed by atoms with Crippen LogP contribution in [-0.4, -0.2) is 84.5 Å². The first kappa shape index (κ1) is 34.9. The lowest BCUT2D eigenvalue weighted by atomic mass is 9.93. The quantitative estimate of drug-likeness (QED) is 0.186. The topological polar surface area (TPSA) is 154 Å². The van der Waals surface area contributed by atoms with Crippen molar-refractivity contribution in [2.24, 2.45) is 13.0 Å². The summed E-state index contributed by atoms with van der Waals surface area (Å²) >= 11 is 0. The maximum atomic E-state index is 13.1. The van der Waals surface area contributed by atoms with Gasteiger partial charge < -0.3 is 20.4 Å². The number of piperidine rings is 2. The van der Waals surface area contributed by atoms with Crippen LogP contribution in [0.5, 0.6) is 0 Å². The molecule has 9 rings (SSSR count). The maximum Gasteiger partial charge on any atom is 0.256 e. The lowest BCUT2D eigenvalue weighted by Crippen LogP contribution is -2.52. The Balaban J connectivity index is 0.803. The van der Waals surface area contributed by atoms with E-state index in [1.165, 1.54) is 11.1 Å². The second-order valence-electron chi connectivity index (χ2n) is 15.4. The Kier molecular flexibility index (Phi) is 8.92. The van der Waals surface area contributed by atoms with Crippen molar-refractivity contribution in [1.29, 1.82) is 0 Å². The highest BCUT2D eigenvalue weighted by molar-refractivity contribution is 6.05. The summed E-state index contributed by atoms with van der Waals surface area (Å²) in [5.41, 5.74) is 9.04. The zero-order chi connectivity index (χ0) is 37.8. The lowest BCUT2D eigenvalue weighted by molar-refractivity contribution is -0.136. The third-order valence-electron chi connectivity index (χ3n) is 11.7. The molecule has 0 saturated carbocycles. The molecule has 14 nitrogen and oxygen atoms in total. The number of benzene rings is 2. The summed E-state index contributed by atoms with van der Waals surface area (Å²) in [7, 11) is 1.90. The number of rotatable bonds is 8. The van der Waals surface area contributed by atoms with Gasteiger partial charge in [-0.2, -0.15) is 10.1 Å². The first-order valence-corrected chi connectivity index (χ1v) is 19.2. The van der Waals surface area contributed by atoms with Crippen LogP contribution >= 0.6 is 0 Å². The Bertz CT molecular complexity index is 2330. The van der Waals surface area contributed by atoms with E-state index in [9.17, 15) is 14.4 Å². The maximum absolute atomic E-state index is 13.1. The van der Waals surface area contributed by atoms with Gasteiger partial charge in [-0.3, -0.25) is 24.6 Å². The van der Waals surface area contributed by atoms with Crippen LogP contribution in [0.4, 0.5) is 29.0 Å². The van der Waals surface area contributed by atoms with Crippen LogP contribution in [-0.2, 0) is 36.1 Å². The molecule has 0 spiro atoms. The average molecular weight is 740 g/mol. The third kappa shape index (κ3) is 6.75. The number of amides is 3. The van der Waals surface area contributed by atoms with Gasteiger partial charge in [-0.25, -0.2) is 14.6 Å². The number of carbonyl (C=O) groups is 3. The predicted molar refractivity (Wildman–Crippen MR) is 209 cm³/mol. The molecule has 2 fully saturated rings. The Morgan fingerprint density at radius 3 is 2.49 bits per heavy atom. The van der Waals surface area contributed by atoms with Crippen molar-refractivity contribution in [1.82, 2.24) is 39.8 Å². The zero-order valence-electron chi connectivity index (χ0n) is 31.4. The van der Waals surface area contributed by atoms with Crippen LogP contribution in [0.1, 0.15) is 64.0 Å². The summed E-state index contributed by atoms with van der Waals surface area (Å²) in [6.45, 7) is 9.28. The highest BCUT2D eigenvalue weighted by atomic mass is 16.2. The van der Waals surface area contributed by atoms with Crippen molar-refractivity contribution < 1.29 is 14.4 Å². The summed E-state index contributed by atoms with van der Waals surface area (Å²) in [4.78, 5) is 58.0. The number of aryl methyl sites for hydroxylation is 3. The minimum absolute atomic E-state index is 0.191. The van der Waals surface area contributed by atoms with E-state index in [1.54, 1.807) is 9.58 Å². The highest BCUT2D eigenvalue weighted by Gasteiger charge is 2.40. The number of hydrogen-bond donors (Lipinski definition) is 3. The van der Waals surface area contributed by atoms with Crippen LogP contribution in [0.15, 0.2) is 54.7 Å². The Labute approximate surface area is 319 Å². The number of nitrogens with one attached hydrogen (secondary N) is 3. The molecule has 0 aliphatic carbocycles. The van der Waals surface area contributed by atoms with Crippen LogP contribution in [0.2, 0.25) is 0 Å². The molecule has 0 bridgehead atoms. The first-order valence-electron chi connectivity index (χ1n) is 19.2. The van der Waals surface area contributed by atoms with E-state index >= 15 is 0 Å². The molecule has 3 N–H and O–H groups in total. The number of fused-ring (bicyclic) bond motifs is 3. The van der Waals surface area contributed by atoms with E-state index < -0.39 is 11.9 Å². The Hall–Kier alpha value is -5.89. The van der Waals surface area contributed by atoms with Gasteiger partial charge in [-0.05, 0) is 92.0 Å². The molecule has 0 radical (unpaired) electrons. The number of para-hydroxylation sites is 1. The molecule has 1 atom stereocenters. The van der Waals surface area contributed by atoms with E-state index in [1.807, 2.05) is 25.4 Å². The third-order valence-corrected chi connectivity index (χ3v) is 11.7. The first-order chi connectivity index (χ1) is 26.7. The van der Waals surface area contributed by atoms with E-state index in [4.69, 9.17) is 15.1 Å². The van der Waals surface area contributed by atoms with E-state index in [0.717, 1.165) is 97.2 Å². The molecular weight excluding hydrogens is 695 g/mol. The number of nitrogens with zero attached hydrogens (tertiary/aromatic N) is 8. The zero-order valence-corrected chi connectivity index (χ0v) is 31.4. The van der Waals surface area contributed by atoms with Crippen molar-refractivity contribution >= 4 is 57.7 Å². The van der Waals surface area contributed by atoms with E-state index in [0.29, 0.717) is 36.1 Å². The van der Waals surface area contributed by atoms with Crippen LogP contribution in [0.3, 0.4) is 0 Å². The summed E-state index contributed by atoms with van der Waals surface area (Å²) in [6, 6.07) is 16.0. The van der Waals surface area contributed by atoms with Gasteiger partial charge in [0.05, 0.1) is 23.2 Å². The predicted octanol–water partition coefficient (Wildman–Crippen LogP) is 4.90. The fourth-order valence-corrected chi connectivity index (χ4v) is 8.61. The molecule has 4 aliphatic heterocycles. The van der Waals surface area contributed by atoms with Crippen molar-refractivity contribution in [2.75, 3.05) is 41.7 Å². The number of imide groups is 1. The van der Waals surface area contributed by atoms with Gasteiger partial charge in [0.1, 0.15) is 11.9 Å². The van der Waals surface area contributed by atoms with Gasteiger partial charge in [0, 0.05) is 63.8 Å². The van der Waals surface area contributed by atoms with Gasteiger partial charge in [0.25, 0.3) is 5.91 Å². The molecule has 14 heteroatoms. The Morgan fingerprint density at radius 1 is 0.873 bits per heavy atom. The molecule has 55 heavy (non-hydrogen) atoms. The van der Waals surface area contributed by atoms with Gasteiger partial charge in [-0.1, -0.05) is 24.3 Å². The fourth-order valence-electron chi connectivity index (χ4n) is 8.61. The van der Waals surface area contributed by atoms with Gasteiger partial charge >= 0.3 is 0 Å². The summed E-state index contributed by atoms with van der Waals surface area (Å²) in [5.74, 6) is 1.85. The summed E-state index contributed by atoms with van der Waals surface area (Å²) in [5, 5.41) is 14.9.